The van der Waals surface area contributed by atoms with Crippen molar-refractivity contribution < 1.29 is 29.0 Å². The Morgan fingerprint density at radius 1 is 1.03 bits per heavy atom. The van der Waals surface area contributed by atoms with Crippen LogP contribution >= 0.6 is 0 Å². The summed E-state index contributed by atoms with van der Waals surface area (Å²) < 4.78 is 10.8. The van der Waals surface area contributed by atoms with Crippen LogP contribution in [0.5, 0.6) is 0 Å². The SMILES string of the molecule is C[C@@H](C(=O)O)N(C)C(=O)CCOCCNC(=O)OCC1c2ccccc2-c2ccccc21. The number of carboxylic acid groups (broad SMARTS) is 1. The number of nitrogens with zero attached hydrogens (tertiary/aromatic N) is 1. The molecule has 32 heavy (non-hydrogen) atoms. The fourth-order valence-electron chi connectivity index (χ4n) is 3.69. The number of hydrogen-bond acceptors (Lipinski definition) is 5. The van der Waals surface area contributed by atoms with E-state index in [4.69, 9.17) is 14.6 Å². The lowest BCUT2D eigenvalue weighted by atomic mass is 9.98. The van der Waals surface area contributed by atoms with E-state index in [9.17, 15) is 14.4 Å². The average Bonchev–Trinajstić information content (AvgIpc) is 3.12. The number of aliphatic carboxylic acids is 1. The summed E-state index contributed by atoms with van der Waals surface area (Å²) >= 11 is 0. The Balaban J connectivity index is 1.36. The predicted molar refractivity (Wildman–Crippen MR) is 118 cm³/mol. The molecule has 2 aromatic rings. The molecule has 1 aliphatic carbocycles. The fraction of sp³-hybridized carbons (Fsp3) is 0.375. The maximum absolute atomic E-state index is 12.1. The molecule has 0 bridgehead atoms. The van der Waals surface area contributed by atoms with Crippen molar-refractivity contribution in [1.82, 2.24) is 10.2 Å². The molecule has 0 unspecified atom stereocenters. The number of rotatable bonds is 10. The first-order valence-electron chi connectivity index (χ1n) is 10.5. The Labute approximate surface area is 187 Å². The molecule has 3 rings (SSSR count). The molecule has 1 aliphatic rings. The molecular formula is C24H28N2O6. The number of likely N-dealkylation sites (N-methyl/N-ethyl adjacent to an activating group) is 1. The first kappa shape index (κ1) is 23.3. The molecule has 2 N–H and O–H groups in total. The molecule has 8 nitrogen and oxygen atoms in total. The largest absolute Gasteiger partial charge is 0.480 e. The van der Waals surface area contributed by atoms with Gasteiger partial charge in [-0.05, 0) is 29.2 Å². The van der Waals surface area contributed by atoms with Crippen LogP contribution in [0.1, 0.15) is 30.4 Å². The maximum atomic E-state index is 12.1. The van der Waals surface area contributed by atoms with Gasteiger partial charge in [0, 0.05) is 19.5 Å². The number of carboxylic acids is 1. The van der Waals surface area contributed by atoms with Gasteiger partial charge in [-0.2, -0.15) is 0 Å². The summed E-state index contributed by atoms with van der Waals surface area (Å²) in [5.74, 6) is -1.38. The second kappa shape index (κ2) is 10.8. The van der Waals surface area contributed by atoms with Crippen molar-refractivity contribution in [3.05, 3.63) is 59.7 Å². The monoisotopic (exact) mass is 440 g/mol. The van der Waals surface area contributed by atoms with Crippen LogP contribution < -0.4 is 5.32 Å². The molecule has 0 aliphatic heterocycles. The van der Waals surface area contributed by atoms with E-state index >= 15 is 0 Å². The smallest absolute Gasteiger partial charge is 0.407 e. The van der Waals surface area contributed by atoms with Crippen LogP contribution in [0.2, 0.25) is 0 Å². The zero-order valence-electron chi connectivity index (χ0n) is 18.2. The summed E-state index contributed by atoms with van der Waals surface area (Å²) in [6.45, 7) is 2.28. The standard InChI is InChI=1S/C24H28N2O6/c1-16(23(28)29)26(2)22(27)11-13-31-14-12-25-24(30)32-15-21-19-9-5-3-7-17(19)18-8-4-6-10-20(18)21/h3-10,16,21H,11-15H2,1-2H3,(H,25,30)(H,28,29)/t16-/m0/s1. The number of nitrogens with one attached hydrogen (secondary N) is 1. The van der Waals surface area contributed by atoms with Gasteiger partial charge in [-0.15, -0.1) is 0 Å². The van der Waals surface area contributed by atoms with Gasteiger partial charge in [-0.25, -0.2) is 9.59 Å². The third kappa shape index (κ3) is 5.45. The molecular weight excluding hydrogens is 412 g/mol. The van der Waals surface area contributed by atoms with Gasteiger partial charge in [-0.3, -0.25) is 4.79 Å². The normalized spacial score (nSPS) is 13.1. The van der Waals surface area contributed by atoms with Gasteiger partial charge >= 0.3 is 12.1 Å². The van der Waals surface area contributed by atoms with E-state index in [-0.39, 0.29) is 44.6 Å². The minimum atomic E-state index is -1.06. The molecule has 170 valence electrons. The van der Waals surface area contributed by atoms with E-state index in [2.05, 4.69) is 29.6 Å². The summed E-state index contributed by atoms with van der Waals surface area (Å²) in [6.07, 6.45) is -0.458. The lowest BCUT2D eigenvalue weighted by Crippen LogP contribution is -2.40. The first-order valence-corrected chi connectivity index (χ1v) is 10.5. The van der Waals surface area contributed by atoms with Gasteiger partial charge < -0.3 is 24.8 Å². The van der Waals surface area contributed by atoms with Crippen LogP contribution in [0.25, 0.3) is 11.1 Å². The second-order valence-electron chi connectivity index (χ2n) is 7.63. The third-order valence-corrected chi connectivity index (χ3v) is 5.65. The van der Waals surface area contributed by atoms with Gasteiger partial charge in [0.2, 0.25) is 5.91 Å². The van der Waals surface area contributed by atoms with Crippen molar-refractivity contribution in [3.8, 4) is 11.1 Å². The van der Waals surface area contributed by atoms with E-state index in [0.29, 0.717) is 0 Å². The third-order valence-electron chi connectivity index (χ3n) is 5.65. The number of carbonyl (C=O) groups is 3. The maximum Gasteiger partial charge on any atom is 0.407 e. The van der Waals surface area contributed by atoms with Crippen molar-refractivity contribution >= 4 is 18.0 Å². The van der Waals surface area contributed by atoms with Crippen molar-refractivity contribution in [3.63, 3.8) is 0 Å². The Kier molecular flexibility index (Phi) is 7.83. The van der Waals surface area contributed by atoms with E-state index < -0.39 is 18.1 Å². The number of carbonyl (C=O) groups excluding carboxylic acids is 2. The summed E-state index contributed by atoms with van der Waals surface area (Å²) in [6, 6.07) is 15.4. The Morgan fingerprint density at radius 2 is 1.62 bits per heavy atom. The highest BCUT2D eigenvalue weighted by Gasteiger charge is 2.29. The zero-order valence-corrected chi connectivity index (χ0v) is 18.2. The van der Waals surface area contributed by atoms with Crippen LogP contribution in [-0.2, 0) is 19.1 Å². The lowest BCUT2D eigenvalue weighted by molar-refractivity contribution is -0.148. The van der Waals surface area contributed by atoms with Gasteiger partial charge in [0.25, 0.3) is 0 Å². The lowest BCUT2D eigenvalue weighted by Gasteiger charge is -2.21. The van der Waals surface area contributed by atoms with Crippen molar-refractivity contribution in [2.45, 2.75) is 25.3 Å². The molecule has 0 fully saturated rings. The highest BCUT2D eigenvalue weighted by atomic mass is 16.5. The van der Waals surface area contributed by atoms with Crippen molar-refractivity contribution in [2.24, 2.45) is 0 Å². The molecule has 2 aromatic carbocycles. The summed E-state index contributed by atoms with van der Waals surface area (Å²) in [5.41, 5.74) is 4.64. The van der Waals surface area contributed by atoms with E-state index in [1.807, 2.05) is 24.3 Å². The molecule has 0 saturated heterocycles. The first-order chi connectivity index (χ1) is 15.4. The number of alkyl carbamates (subject to hydrolysis) is 1. The Morgan fingerprint density at radius 3 is 2.22 bits per heavy atom. The fourth-order valence-corrected chi connectivity index (χ4v) is 3.69. The molecule has 8 heteroatoms. The van der Waals surface area contributed by atoms with Crippen LogP contribution in [0, 0.1) is 0 Å². The van der Waals surface area contributed by atoms with Crippen molar-refractivity contribution in [1.29, 1.82) is 0 Å². The minimum absolute atomic E-state index is 0.000552. The molecule has 0 spiro atoms. The molecule has 0 saturated carbocycles. The van der Waals surface area contributed by atoms with Gasteiger partial charge in [0.1, 0.15) is 12.6 Å². The predicted octanol–water partition coefficient (Wildman–Crippen LogP) is 2.86. The Hall–Kier alpha value is -3.39. The van der Waals surface area contributed by atoms with Crippen LogP contribution in [-0.4, -0.2) is 67.4 Å². The van der Waals surface area contributed by atoms with E-state index in [0.717, 1.165) is 11.1 Å². The number of hydrogen-bond donors (Lipinski definition) is 2. The minimum Gasteiger partial charge on any atom is -0.480 e. The summed E-state index contributed by atoms with van der Waals surface area (Å²) in [5, 5.41) is 11.6. The highest BCUT2D eigenvalue weighted by molar-refractivity contribution is 5.83. The molecule has 2 amide bonds. The van der Waals surface area contributed by atoms with Crippen LogP contribution in [0.15, 0.2) is 48.5 Å². The number of ether oxygens (including phenoxy) is 2. The summed E-state index contributed by atoms with van der Waals surface area (Å²) in [4.78, 5) is 36.1. The van der Waals surface area contributed by atoms with Gasteiger partial charge in [0.05, 0.1) is 19.6 Å². The second-order valence-corrected chi connectivity index (χ2v) is 7.63. The zero-order chi connectivity index (χ0) is 23.1. The number of benzene rings is 2. The van der Waals surface area contributed by atoms with Crippen molar-refractivity contribution in [2.75, 3.05) is 33.4 Å². The molecule has 0 radical (unpaired) electrons. The molecule has 0 aromatic heterocycles. The highest BCUT2D eigenvalue weighted by Crippen LogP contribution is 2.44. The van der Waals surface area contributed by atoms with E-state index in [1.165, 1.54) is 30.0 Å². The number of amides is 2. The van der Waals surface area contributed by atoms with Crippen LogP contribution in [0.3, 0.4) is 0 Å². The van der Waals surface area contributed by atoms with Gasteiger partial charge in [-0.1, -0.05) is 48.5 Å². The topological polar surface area (TPSA) is 105 Å². The Bertz CT molecular complexity index is 931. The summed E-state index contributed by atoms with van der Waals surface area (Å²) in [7, 11) is 1.44. The van der Waals surface area contributed by atoms with Crippen LogP contribution in [0.4, 0.5) is 4.79 Å². The number of fused-ring (bicyclic) bond motifs is 3. The average molecular weight is 440 g/mol. The van der Waals surface area contributed by atoms with E-state index in [1.54, 1.807) is 0 Å². The molecule has 0 heterocycles. The quantitative estimate of drug-likeness (QED) is 0.551. The van der Waals surface area contributed by atoms with Gasteiger partial charge in [0.15, 0.2) is 0 Å². The molecule has 1 atom stereocenters.